The van der Waals surface area contributed by atoms with Crippen LogP contribution in [0.25, 0.3) is 0 Å². The maximum Gasteiger partial charge on any atom is 0.247 e. The largest absolute Gasteiger partial charge is 0.372 e. The number of rotatable bonds is 2. The molecule has 5 nitrogen and oxygen atoms in total. The first kappa shape index (κ1) is 13.2. The number of nitrogens with one attached hydrogen (secondary N) is 3. The third kappa shape index (κ3) is 3.02. The molecule has 0 saturated carbocycles. The Balaban J connectivity index is 1.79. The highest BCUT2D eigenvalue weighted by Crippen LogP contribution is 2.25. The maximum absolute atomic E-state index is 12.3. The summed E-state index contributed by atoms with van der Waals surface area (Å²) in [5.41, 5.74) is 2.15. The lowest BCUT2D eigenvalue weighted by molar-refractivity contribution is -0.121. The van der Waals surface area contributed by atoms with Crippen LogP contribution in [-0.4, -0.2) is 17.9 Å². The number of fused-ring (bicyclic) bond motifs is 1. The summed E-state index contributed by atoms with van der Waals surface area (Å²) in [6.07, 6.45) is 0.0906. The van der Waals surface area contributed by atoms with Gasteiger partial charge in [-0.1, -0.05) is 30.3 Å². The minimum absolute atomic E-state index is 0.0906. The van der Waals surface area contributed by atoms with Crippen LogP contribution in [0.4, 0.5) is 17.1 Å². The van der Waals surface area contributed by atoms with E-state index in [0.717, 1.165) is 5.69 Å². The molecule has 1 aliphatic heterocycles. The molecule has 2 aromatic carbocycles. The van der Waals surface area contributed by atoms with E-state index in [2.05, 4.69) is 16.0 Å². The van der Waals surface area contributed by atoms with Crippen molar-refractivity contribution in [1.29, 1.82) is 0 Å². The molecular weight excluding hydrogens is 266 g/mol. The Morgan fingerprint density at radius 3 is 2.43 bits per heavy atom. The average molecular weight is 281 g/mol. The van der Waals surface area contributed by atoms with Crippen LogP contribution < -0.4 is 16.0 Å². The molecule has 0 aromatic heterocycles. The summed E-state index contributed by atoms with van der Waals surface area (Å²) in [6, 6.07) is 15.9. The highest BCUT2D eigenvalue weighted by atomic mass is 16.2. The standard InChI is InChI=1S/C16H15N3O2/c20-15-10-14(16(21)17-11-6-2-1-3-7-11)18-12-8-4-5-9-13(12)19-15/h1-9,14,18H,10H2,(H,17,21)(H,19,20)/t14-/m0/s1. The van der Waals surface area contributed by atoms with Crippen LogP contribution >= 0.6 is 0 Å². The highest BCUT2D eigenvalue weighted by Gasteiger charge is 2.26. The summed E-state index contributed by atoms with van der Waals surface area (Å²) in [5.74, 6) is -0.409. The van der Waals surface area contributed by atoms with Gasteiger partial charge in [0, 0.05) is 5.69 Å². The van der Waals surface area contributed by atoms with Crippen molar-refractivity contribution >= 4 is 28.9 Å². The van der Waals surface area contributed by atoms with Gasteiger partial charge >= 0.3 is 0 Å². The number of carbonyl (C=O) groups excluding carboxylic acids is 2. The molecule has 0 unspecified atom stereocenters. The van der Waals surface area contributed by atoms with Gasteiger partial charge in [0.2, 0.25) is 11.8 Å². The zero-order valence-corrected chi connectivity index (χ0v) is 11.3. The summed E-state index contributed by atoms with van der Waals surface area (Å²) in [5, 5.41) is 8.71. The van der Waals surface area contributed by atoms with E-state index in [4.69, 9.17) is 0 Å². The first-order valence-electron chi connectivity index (χ1n) is 6.74. The molecule has 0 bridgehead atoms. The van der Waals surface area contributed by atoms with Crippen LogP contribution in [0.3, 0.4) is 0 Å². The van der Waals surface area contributed by atoms with Gasteiger partial charge in [-0.15, -0.1) is 0 Å². The van der Waals surface area contributed by atoms with Gasteiger partial charge in [0.15, 0.2) is 0 Å². The van der Waals surface area contributed by atoms with Crippen molar-refractivity contribution in [1.82, 2.24) is 0 Å². The number of amides is 2. The normalized spacial score (nSPS) is 17.0. The van der Waals surface area contributed by atoms with E-state index in [9.17, 15) is 9.59 Å². The molecule has 2 amide bonds. The van der Waals surface area contributed by atoms with Gasteiger partial charge in [0.25, 0.3) is 0 Å². The maximum atomic E-state index is 12.3. The highest BCUT2D eigenvalue weighted by molar-refractivity contribution is 6.04. The van der Waals surface area contributed by atoms with Crippen molar-refractivity contribution in [3.8, 4) is 0 Å². The fourth-order valence-electron chi connectivity index (χ4n) is 2.25. The van der Waals surface area contributed by atoms with Crippen LogP contribution in [0.15, 0.2) is 54.6 Å². The first-order valence-corrected chi connectivity index (χ1v) is 6.74. The molecule has 0 spiro atoms. The lowest BCUT2D eigenvalue weighted by Crippen LogP contribution is -2.36. The fraction of sp³-hybridized carbons (Fsp3) is 0.125. The predicted molar refractivity (Wildman–Crippen MR) is 82.2 cm³/mol. The number of hydrogen-bond donors (Lipinski definition) is 3. The van der Waals surface area contributed by atoms with E-state index in [1.807, 2.05) is 48.5 Å². The van der Waals surface area contributed by atoms with Gasteiger partial charge in [0.1, 0.15) is 6.04 Å². The van der Waals surface area contributed by atoms with Crippen molar-refractivity contribution in [2.45, 2.75) is 12.5 Å². The summed E-state index contributed by atoms with van der Waals surface area (Å²) < 4.78 is 0. The van der Waals surface area contributed by atoms with E-state index < -0.39 is 6.04 Å². The molecule has 106 valence electrons. The Hall–Kier alpha value is -2.82. The quantitative estimate of drug-likeness (QED) is 0.792. The lowest BCUT2D eigenvalue weighted by atomic mass is 10.1. The van der Waals surface area contributed by atoms with E-state index >= 15 is 0 Å². The Morgan fingerprint density at radius 1 is 1.00 bits per heavy atom. The molecular formula is C16H15N3O2. The predicted octanol–water partition coefficient (Wildman–Crippen LogP) is 2.45. The molecule has 3 N–H and O–H groups in total. The molecule has 1 heterocycles. The molecule has 0 saturated heterocycles. The second-order valence-electron chi connectivity index (χ2n) is 4.85. The zero-order chi connectivity index (χ0) is 14.7. The summed E-state index contributed by atoms with van der Waals surface area (Å²) in [7, 11) is 0. The summed E-state index contributed by atoms with van der Waals surface area (Å²) in [4.78, 5) is 24.2. The first-order chi connectivity index (χ1) is 10.2. The molecule has 21 heavy (non-hydrogen) atoms. The summed E-state index contributed by atoms with van der Waals surface area (Å²) in [6.45, 7) is 0. The SMILES string of the molecule is O=C1C[C@@H](C(=O)Nc2ccccc2)Nc2ccccc2N1. The van der Waals surface area contributed by atoms with E-state index in [0.29, 0.717) is 11.4 Å². The Morgan fingerprint density at radius 2 is 1.67 bits per heavy atom. The van der Waals surface area contributed by atoms with Crippen LogP contribution in [0.2, 0.25) is 0 Å². The molecule has 5 heteroatoms. The van der Waals surface area contributed by atoms with Gasteiger partial charge in [-0.25, -0.2) is 0 Å². The lowest BCUT2D eigenvalue weighted by Gasteiger charge is -2.16. The van der Waals surface area contributed by atoms with Gasteiger partial charge < -0.3 is 16.0 Å². The smallest absolute Gasteiger partial charge is 0.247 e. The molecule has 2 aromatic rings. The third-order valence-corrected chi connectivity index (χ3v) is 3.28. The zero-order valence-electron chi connectivity index (χ0n) is 11.3. The topological polar surface area (TPSA) is 70.2 Å². The number of carbonyl (C=O) groups is 2. The van der Waals surface area contributed by atoms with Gasteiger partial charge in [-0.05, 0) is 24.3 Å². The number of hydrogen-bond acceptors (Lipinski definition) is 3. The van der Waals surface area contributed by atoms with Crippen molar-refractivity contribution in [2.24, 2.45) is 0 Å². The second kappa shape index (κ2) is 5.66. The van der Waals surface area contributed by atoms with Crippen LogP contribution in [0, 0.1) is 0 Å². The minimum Gasteiger partial charge on any atom is -0.372 e. The van der Waals surface area contributed by atoms with Crippen molar-refractivity contribution in [3.63, 3.8) is 0 Å². The molecule has 0 radical (unpaired) electrons. The van der Waals surface area contributed by atoms with E-state index in [1.165, 1.54) is 0 Å². The monoisotopic (exact) mass is 281 g/mol. The Labute approximate surface area is 122 Å². The minimum atomic E-state index is -0.603. The van der Waals surface area contributed by atoms with Crippen LogP contribution in [0.1, 0.15) is 6.42 Å². The van der Waals surface area contributed by atoms with Crippen molar-refractivity contribution in [2.75, 3.05) is 16.0 Å². The average Bonchev–Trinajstić information content (AvgIpc) is 2.66. The second-order valence-corrected chi connectivity index (χ2v) is 4.85. The Kier molecular flexibility index (Phi) is 3.55. The van der Waals surface area contributed by atoms with Crippen LogP contribution in [0.5, 0.6) is 0 Å². The van der Waals surface area contributed by atoms with E-state index in [1.54, 1.807) is 6.07 Å². The van der Waals surface area contributed by atoms with Crippen LogP contribution in [-0.2, 0) is 9.59 Å². The molecule has 1 atom stereocenters. The van der Waals surface area contributed by atoms with Gasteiger partial charge in [-0.3, -0.25) is 9.59 Å². The van der Waals surface area contributed by atoms with Gasteiger partial charge in [0.05, 0.1) is 17.8 Å². The number of para-hydroxylation sites is 3. The third-order valence-electron chi connectivity index (χ3n) is 3.28. The van der Waals surface area contributed by atoms with Gasteiger partial charge in [-0.2, -0.15) is 0 Å². The molecule has 0 aliphatic carbocycles. The van der Waals surface area contributed by atoms with E-state index in [-0.39, 0.29) is 18.2 Å². The fourth-order valence-corrected chi connectivity index (χ4v) is 2.25. The molecule has 0 fully saturated rings. The van der Waals surface area contributed by atoms with Crippen molar-refractivity contribution < 1.29 is 9.59 Å². The number of benzene rings is 2. The summed E-state index contributed by atoms with van der Waals surface area (Å²) >= 11 is 0. The number of anilines is 3. The molecule has 3 rings (SSSR count). The van der Waals surface area contributed by atoms with Crippen molar-refractivity contribution in [3.05, 3.63) is 54.6 Å². The Bertz CT molecular complexity index is 670. The molecule has 1 aliphatic rings.